The Labute approximate surface area is 173 Å². The predicted molar refractivity (Wildman–Crippen MR) is 116 cm³/mol. The van der Waals surface area contributed by atoms with Gasteiger partial charge >= 0.3 is 7.12 Å². The molecule has 0 aromatic heterocycles. The lowest BCUT2D eigenvalue weighted by Gasteiger charge is -2.39. The van der Waals surface area contributed by atoms with Crippen molar-refractivity contribution in [2.24, 2.45) is 0 Å². The standard InChI is InChI=1S/C23H29BClNO2/c1-21(2)20-13-16(24-27-22(3,4)23(5,6)28-24)9-12-18(20)19(14-26-21)15-7-10-17(25)11-8-15/h7-13,19,26H,14H2,1-6H3. The number of hydrogen-bond acceptors (Lipinski definition) is 3. The number of fused-ring (bicyclic) bond motifs is 1. The van der Waals surface area contributed by atoms with Gasteiger partial charge in [0, 0.05) is 23.0 Å². The highest BCUT2D eigenvalue weighted by atomic mass is 35.5. The van der Waals surface area contributed by atoms with Crippen molar-refractivity contribution in [3.63, 3.8) is 0 Å². The number of halogens is 1. The molecule has 1 saturated heterocycles. The summed E-state index contributed by atoms with van der Waals surface area (Å²) >= 11 is 6.09. The van der Waals surface area contributed by atoms with Gasteiger partial charge in [0.1, 0.15) is 0 Å². The van der Waals surface area contributed by atoms with Crippen molar-refractivity contribution in [1.29, 1.82) is 0 Å². The minimum Gasteiger partial charge on any atom is -0.399 e. The molecular formula is C23H29BClNO2. The fourth-order valence-corrected chi connectivity index (χ4v) is 4.23. The van der Waals surface area contributed by atoms with E-state index in [0.717, 1.165) is 17.0 Å². The second-order valence-corrected chi connectivity index (χ2v) is 9.98. The molecule has 1 fully saturated rings. The Morgan fingerprint density at radius 1 is 0.929 bits per heavy atom. The first-order valence-corrected chi connectivity index (χ1v) is 10.4. The molecule has 5 heteroatoms. The van der Waals surface area contributed by atoms with Crippen LogP contribution in [0.15, 0.2) is 42.5 Å². The molecule has 1 atom stereocenters. The maximum absolute atomic E-state index is 6.28. The van der Waals surface area contributed by atoms with Gasteiger partial charge in [0.15, 0.2) is 0 Å². The van der Waals surface area contributed by atoms with Crippen molar-refractivity contribution in [3.8, 4) is 0 Å². The van der Waals surface area contributed by atoms with Crippen LogP contribution in [0.5, 0.6) is 0 Å². The summed E-state index contributed by atoms with van der Waals surface area (Å²) in [5, 5.41) is 4.48. The molecule has 28 heavy (non-hydrogen) atoms. The minimum atomic E-state index is -0.345. The van der Waals surface area contributed by atoms with Crippen molar-refractivity contribution < 1.29 is 9.31 Å². The van der Waals surface area contributed by atoms with Crippen LogP contribution in [0.2, 0.25) is 5.02 Å². The highest BCUT2D eigenvalue weighted by Crippen LogP contribution is 2.39. The monoisotopic (exact) mass is 397 g/mol. The van der Waals surface area contributed by atoms with Crippen molar-refractivity contribution >= 4 is 24.2 Å². The van der Waals surface area contributed by atoms with E-state index in [-0.39, 0.29) is 23.9 Å². The van der Waals surface area contributed by atoms with Gasteiger partial charge in [-0.25, -0.2) is 0 Å². The summed E-state index contributed by atoms with van der Waals surface area (Å²) in [7, 11) is -0.345. The predicted octanol–water partition coefficient (Wildman–Crippen LogP) is 4.61. The Morgan fingerprint density at radius 2 is 1.54 bits per heavy atom. The van der Waals surface area contributed by atoms with E-state index in [1.165, 1.54) is 16.7 Å². The van der Waals surface area contributed by atoms with Gasteiger partial charge in [-0.15, -0.1) is 0 Å². The molecule has 0 spiro atoms. The summed E-state index contributed by atoms with van der Waals surface area (Å²) in [5.74, 6) is 0.299. The second-order valence-electron chi connectivity index (χ2n) is 9.54. The average molecular weight is 398 g/mol. The zero-order chi connectivity index (χ0) is 20.3. The van der Waals surface area contributed by atoms with Crippen molar-refractivity contribution in [3.05, 3.63) is 64.2 Å². The topological polar surface area (TPSA) is 30.5 Å². The van der Waals surface area contributed by atoms with E-state index in [0.29, 0.717) is 5.92 Å². The van der Waals surface area contributed by atoms with Crippen LogP contribution in [0.25, 0.3) is 0 Å². The SMILES string of the molecule is CC1(C)NCC(c2ccc(Cl)cc2)c2ccc(B3OC(C)(C)C(C)(C)O3)cc21. The summed E-state index contributed by atoms with van der Waals surface area (Å²) in [6.07, 6.45) is 0. The second kappa shape index (κ2) is 6.60. The van der Waals surface area contributed by atoms with Crippen LogP contribution in [0.1, 0.15) is 64.2 Å². The molecule has 2 aliphatic heterocycles. The normalized spacial score (nSPS) is 24.8. The van der Waals surface area contributed by atoms with Crippen LogP contribution in [0.3, 0.4) is 0 Å². The Kier molecular flexibility index (Phi) is 4.71. The van der Waals surface area contributed by atoms with Crippen molar-refractivity contribution in [1.82, 2.24) is 5.32 Å². The third-order valence-corrected chi connectivity index (χ3v) is 6.92. The third kappa shape index (κ3) is 3.31. The molecule has 4 rings (SSSR count). The average Bonchev–Trinajstić information content (AvgIpc) is 2.84. The van der Waals surface area contributed by atoms with Gasteiger partial charge in [0.05, 0.1) is 11.2 Å². The Balaban J connectivity index is 1.73. The zero-order valence-corrected chi connectivity index (χ0v) is 18.4. The van der Waals surface area contributed by atoms with Crippen molar-refractivity contribution in [2.75, 3.05) is 6.54 Å². The minimum absolute atomic E-state index is 0.113. The molecule has 0 bridgehead atoms. The van der Waals surface area contributed by atoms with Gasteiger partial charge in [0.2, 0.25) is 0 Å². The Morgan fingerprint density at radius 3 is 2.14 bits per heavy atom. The smallest absolute Gasteiger partial charge is 0.399 e. The van der Waals surface area contributed by atoms with Gasteiger partial charge in [-0.3, -0.25) is 0 Å². The molecule has 2 heterocycles. The quantitative estimate of drug-likeness (QED) is 0.751. The van der Waals surface area contributed by atoms with E-state index in [1.807, 2.05) is 12.1 Å². The van der Waals surface area contributed by atoms with E-state index in [1.54, 1.807) is 0 Å². The molecule has 2 aromatic carbocycles. The number of benzene rings is 2. The molecule has 1 unspecified atom stereocenters. The summed E-state index contributed by atoms with van der Waals surface area (Å²) < 4.78 is 12.6. The first-order chi connectivity index (χ1) is 13.0. The highest BCUT2D eigenvalue weighted by Gasteiger charge is 2.52. The van der Waals surface area contributed by atoms with Crippen LogP contribution in [-0.2, 0) is 14.8 Å². The zero-order valence-electron chi connectivity index (χ0n) is 17.6. The van der Waals surface area contributed by atoms with Gasteiger partial charge in [-0.2, -0.15) is 0 Å². The first-order valence-electron chi connectivity index (χ1n) is 10.0. The fourth-order valence-electron chi connectivity index (χ4n) is 4.10. The molecule has 3 nitrogen and oxygen atoms in total. The maximum atomic E-state index is 6.28. The summed E-state index contributed by atoms with van der Waals surface area (Å²) in [5.41, 5.74) is 4.21. The molecule has 1 N–H and O–H groups in total. The fraction of sp³-hybridized carbons (Fsp3) is 0.478. The first kappa shape index (κ1) is 20.0. The molecule has 2 aromatic rings. The van der Waals surface area contributed by atoms with E-state index in [9.17, 15) is 0 Å². The molecule has 0 aliphatic carbocycles. The largest absolute Gasteiger partial charge is 0.494 e. The van der Waals surface area contributed by atoms with Gasteiger partial charge in [-0.05, 0) is 75.8 Å². The number of rotatable bonds is 2. The van der Waals surface area contributed by atoms with Gasteiger partial charge in [0.25, 0.3) is 0 Å². The molecule has 0 amide bonds. The van der Waals surface area contributed by atoms with Crippen LogP contribution in [0, 0.1) is 0 Å². The molecular weight excluding hydrogens is 369 g/mol. The Bertz CT molecular complexity index is 876. The van der Waals surface area contributed by atoms with Crippen LogP contribution >= 0.6 is 11.6 Å². The molecule has 0 saturated carbocycles. The summed E-state index contributed by atoms with van der Waals surface area (Å²) in [4.78, 5) is 0. The van der Waals surface area contributed by atoms with E-state index in [4.69, 9.17) is 20.9 Å². The molecule has 0 radical (unpaired) electrons. The lowest BCUT2D eigenvalue weighted by Crippen LogP contribution is -2.46. The van der Waals surface area contributed by atoms with Crippen LogP contribution in [0.4, 0.5) is 0 Å². The van der Waals surface area contributed by atoms with E-state index < -0.39 is 0 Å². The highest BCUT2D eigenvalue weighted by molar-refractivity contribution is 6.62. The maximum Gasteiger partial charge on any atom is 0.494 e. The molecule has 2 aliphatic rings. The Hall–Kier alpha value is -1.33. The van der Waals surface area contributed by atoms with E-state index >= 15 is 0 Å². The lowest BCUT2D eigenvalue weighted by atomic mass is 9.71. The van der Waals surface area contributed by atoms with Crippen molar-refractivity contribution in [2.45, 2.75) is 64.2 Å². The number of hydrogen-bond donors (Lipinski definition) is 1. The van der Waals surface area contributed by atoms with Crippen LogP contribution in [-0.4, -0.2) is 24.9 Å². The third-order valence-electron chi connectivity index (χ3n) is 6.67. The van der Waals surface area contributed by atoms with Gasteiger partial charge in [-0.1, -0.05) is 41.9 Å². The molecule has 148 valence electrons. The van der Waals surface area contributed by atoms with Crippen LogP contribution < -0.4 is 10.8 Å². The van der Waals surface area contributed by atoms with Gasteiger partial charge < -0.3 is 14.6 Å². The summed E-state index contributed by atoms with van der Waals surface area (Å²) in [6, 6.07) is 14.8. The lowest BCUT2D eigenvalue weighted by molar-refractivity contribution is 0.00578. The number of nitrogens with one attached hydrogen (secondary N) is 1. The summed E-state index contributed by atoms with van der Waals surface area (Å²) in [6.45, 7) is 13.7. The van der Waals surface area contributed by atoms with E-state index in [2.05, 4.69) is 77.2 Å².